The van der Waals surface area contributed by atoms with Crippen molar-refractivity contribution >= 4 is 5.69 Å². The van der Waals surface area contributed by atoms with Gasteiger partial charge in [0.2, 0.25) is 0 Å². The highest BCUT2D eigenvalue weighted by molar-refractivity contribution is 5.64. The van der Waals surface area contributed by atoms with Crippen LogP contribution in [0.3, 0.4) is 0 Å². The lowest BCUT2D eigenvalue weighted by molar-refractivity contribution is -0.384. The minimum Gasteiger partial charge on any atom is -0.497 e. The fraction of sp³-hybridized carbons (Fsp3) is 0.0588. The molecular weight excluding hydrogens is 298 g/mol. The summed E-state index contributed by atoms with van der Waals surface area (Å²) in [5.74, 6) is 2.15. The van der Waals surface area contributed by atoms with Gasteiger partial charge >= 0.3 is 0 Å². The number of hydrogen-bond donors (Lipinski definition) is 0. The summed E-state index contributed by atoms with van der Waals surface area (Å²) in [7, 11) is 1.58. The number of nitro benzene ring substituents is 1. The van der Waals surface area contributed by atoms with E-state index in [1.54, 1.807) is 49.6 Å². The fourth-order valence-electron chi connectivity index (χ4n) is 2.11. The summed E-state index contributed by atoms with van der Waals surface area (Å²) >= 11 is 0. The van der Waals surface area contributed by atoms with E-state index in [0.29, 0.717) is 28.6 Å². The zero-order chi connectivity index (χ0) is 16.2. The first kappa shape index (κ1) is 14.6. The maximum absolute atomic E-state index is 11.1. The Balaban J connectivity index is 1.95. The highest BCUT2D eigenvalue weighted by Gasteiger charge is 2.13. The van der Waals surface area contributed by atoms with Gasteiger partial charge in [0.05, 0.1) is 24.4 Å². The Morgan fingerprint density at radius 3 is 2.35 bits per heavy atom. The van der Waals surface area contributed by atoms with Crippen molar-refractivity contribution in [1.29, 1.82) is 0 Å². The molecule has 0 aliphatic rings. The lowest BCUT2D eigenvalue weighted by Gasteiger charge is -2.08. The van der Waals surface area contributed by atoms with E-state index in [1.165, 1.54) is 18.4 Å². The van der Waals surface area contributed by atoms with Crippen molar-refractivity contribution in [3.8, 4) is 28.6 Å². The van der Waals surface area contributed by atoms with Crippen molar-refractivity contribution in [1.82, 2.24) is 0 Å². The Morgan fingerprint density at radius 1 is 1.00 bits per heavy atom. The topological polar surface area (TPSA) is 74.7 Å². The second-order valence-electron chi connectivity index (χ2n) is 4.73. The Labute approximate surface area is 132 Å². The van der Waals surface area contributed by atoms with Gasteiger partial charge in [-0.05, 0) is 42.5 Å². The van der Waals surface area contributed by atoms with E-state index >= 15 is 0 Å². The summed E-state index contributed by atoms with van der Waals surface area (Å²) in [6.45, 7) is 0. The van der Waals surface area contributed by atoms with Gasteiger partial charge in [0.15, 0.2) is 0 Å². The van der Waals surface area contributed by atoms with Crippen LogP contribution in [0, 0.1) is 10.1 Å². The number of methoxy groups -OCH3 is 1. The zero-order valence-electron chi connectivity index (χ0n) is 12.3. The third kappa shape index (κ3) is 3.32. The van der Waals surface area contributed by atoms with Crippen LogP contribution in [-0.4, -0.2) is 12.0 Å². The molecule has 0 atom stereocenters. The van der Waals surface area contributed by atoms with E-state index in [-0.39, 0.29) is 5.69 Å². The molecule has 1 aromatic heterocycles. The normalized spacial score (nSPS) is 10.3. The molecule has 0 bridgehead atoms. The highest BCUT2D eigenvalue weighted by Crippen LogP contribution is 2.32. The maximum atomic E-state index is 11.1. The zero-order valence-corrected chi connectivity index (χ0v) is 12.3. The summed E-state index contributed by atoms with van der Waals surface area (Å²) in [4.78, 5) is 10.6. The predicted octanol–water partition coefficient (Wildman–Crippen LogP) is 4.66. The van der Waals surface area contributed by atoms with Crippen molar-refractivity contribution in [2.75, 3.05) is 7.11 Å². The predicted molar refractivity (Wildman–Crippen MR) is 83.9 cm³/mol. The smallest absolute Gasteiger partial charge is 0.273 e. The quantitative estimate of drug-likeness (QED) is 0.506. The maximum Gasteiger partial charge on any atom is 0.273 e. The van der Waals surface area contributed by atoms with E-state index in [0.717, 1.165) is 0 Å². The highest BCUT2D eigenvalue weighted by atomic mass is 16.6. The van der Waals surface area contributed by atoms with Crippen LogP contribution in [0.25, 0.3) is 11.3 Å². The number of nitro groups is 1. The first-order valence-electron chi connectivity index (χ1n) is 6.81. The van der Waals surface area contributed by atoms with Crippen LogP contribution in [0.4, 0.5) is 5.69 Å². The van der Waals surface area contributed by atoms with Crippen LogP contribution in [0.15, 0.2) is 65.3 Å². The molecule has 1 heterocycles. The van der Waals surface area contributed by atoms with Gasteiger partial charge in [0.25, 0.3) is 5.69 Å². The van der Waals surface area contributed by atoms with E-state index < -0.39 is 4.92 Å². The molecule has 0 saturated heterocycles. The standard InChI is InChI=1S/C17H13NO5/c1-21-14-4-6-15(7-5-14)23-16-10-12(17-3-2-8-22-17)9-13(11-16)18(19)20/h2-11H,1H3. The van der Waals surface area contributed by atoms with Gasteiger partial charge in [-0.25, -0.2) is 0 Å². The summed E-state index contributed by atoms with van der Waals surface area (Å²) in [5, 5.41) is 11.1. The van der Waals surface area contributed by atoms with Gasteiger partial charge in [0, 0.05) is 11.6 Å². The van der Waals surface area contributed by atoms with Crippen LogP contribution in [-0.2, 0) is 0 Å². The van der Waals surface area contributed by atoms with Crippen LogP contribution in [0.5, 0.6) is 17.2 Å². The molecule has 6 nitrogen and oxygen atoms in total. The number of non-ortho nitro benzene ring substituents is 1. The number of rotatable bonds is 5. The second-order valence-corrected chi connectivity index (χ2v) is 4.73. The Morgan fingerprint density at radius 2 is 1.74 bits per heavy atom. The molecule has 0 fully saturated rings. The minimum absolute atomic E-state index is 0.0672. The molecular formula is C17H13NO5. The lowest BCUT2D eigenvalue weighted by Crippen LogP contribution is -1.91. The monoisotopic (exact) mass is 311 g/mol. The summed E-state index contributed by atoms with van der Waals surface area (Å²) in [6.07, 6.45) is 1.51. The minimum atomic E-state index is -0.465. The average Bonchev–Trinajstić information content (AvgIpc) is 3.10. The third-order valence-corrected chi connectivity index (χ3v) is 3.20. The van der Waals surface area contributed by atoms with E-state index in [4.69, 9.17) is 13.9 Å². The summed E-state index contributed by atoms with van der Waals surface area (Å²) in [6, 6.07) is 14.9. The number of benzene rings is 2. The fourth-order valence-corrected chi connectivity index (χ4v) is 2.11. The van der Waals surface area contributed by atoms with E-state index in [2.05, 4.69) is 0 Å². The molecule has 0 aliphatic carbocycles. The lowest BCUT2D eigenvalue weighted by atomic mass is 10.1. The second kappa shape index (κ2) is 6.23. The molecule has 0 aliphatic heterocycles. The Kier molecular flexibility index (Phi) is 3.97. The molecule has 0 N–H and O–H groups in total. The van der Waals surface area contributed by atoms with Crippen LogP contribution in [0.2, 0.25) is 0 Å². The molecule has 116 valence electrons. The van der Waals surface area contributed by atoms with Crippen molar-refractivity contribution in [2.45, 2.75) is 0 Å². The number of hydrogen-bond acceptors (Lipinski definition) is 5. The van der Waals surface area contributed by atoms with Gasteiger partial charge < -0.3 is 13.9 Å². The average molecular weight is 311 g/mol. The summed E-state index contributed by atoms with van der Waals surface area (Å²) < 4.78 is 16.1. The molecule has 3 aromatic rings. The van der Waals surface area contributed by atoms with Crippen molar-refractivity contribution < 1.29 is 18.8 Å². The van der Waals surface area contributed by atoms with E-state index in [9.17, 15) is 10.1 Å². The van der Waals surface area contributed by atoms with Gasteiger partial charge in [-0.3, -0.25) is 10.1 Å². The molecule has 0 amide bonds. The van der Waals surface area contributed by atoms with Crippen molar-refractivity contribution in [2.24, 2.45) is 0 Å². The molecule has 6 heteroatoms. The molecule has 2 aromatic carbocycles. The molecule has 0 spiro atoms. The SMILES string of the molecule is COc1ccc(Oc2cc(-c3ccco3)cc([N+](=O)[O-])c2)cc1. The van der Waals surface area contributed by atoms with Crippen molar-refractivity contribution in [3.05, 3.63) is 71.0 Å². The van der Waals surface area contributed by atoms with Crippen LogP contribution < -0.4 is 9.47 Å². The van der Waals surface area contributed by atoms with Crippen LogP contribution >= 0.6 is 0 Å². The number of nitrogens with zero attached hydrogens (tertiary/aromatic N) is 1. The summed E-state index contributed by atoms with van der Waals surface area (Å²) in [5.41, 5.74) is 0.509. The van der Waals surface area contributed by atoms with Crippen molar-refractivity contribution in [3.63, 3.8) is 0 Å². The Hall–Kier alpha value is -3.28. The Bertz CT molecular complexity index is 810. The van der Waals surface area contributed by atoms with Crippen LogP contribution in [0.1, 0.15) is 0 Å². The first-order chi connectivity index (χ1) is 11.2. The molecule has 0 radical (unpaired) electrons. The molecule has 0 saturated carbocycles. The number of furan rings is 1. The number of ether oxygens (including phenoxy) is 2. The molecule has 23 heavy (non-hydrogen) atoms. The first-order valence-corrected chi connectivity index (χ1v) is 6.81. The largest absolute Gasteiger partial charge is 0.497 e. The van der Waals surface area contributed by atoms with E-state index in [1.807, 2.05) is 0 Å². The van der Waals surface area contributed by atoms with Gasteiger partial charge in [-0.2, -0.15) is 0 Å². The third-order valence-electron chi connectivity index (χ3n) is 3.20. The molecule has 0 unspecified atom stereocenters. The molecule has 3 rings (SSSR count). The van der Waals surface area contributed by atoms with Gasteiger partial charge in [-0.1, -0.05) is 0 Å². The van der Waals surface area contributed by atoms with Gasteiger partial charge in [0.1, 0.15) is 23.0 Å². The van der Waals surface area contributed by atoms with Gasteiger partial charge in [-0.15, -0.1) is 0 Å².